The van der Waals surface area contributed by atoms with E-state index in [0.29, 0.717) is 19.0 Å². The summed E-state index contributed by atoms with van der Waals surface area (Å²) in [4.78, 5) is 4.12. The van der Waals surface area contributed by atoms with Crippen molar-refractivity contribution in [3.63, 3.8) is 0 Å². The summed E-state index contributed by atoms with van der Waals surface area (Å²) in [5.41, 5.74) is 1.93. The van der Waals surface area contributed by atoms with Gasteiger partial charge in [-0.25, -0.2) is 4.98 Å². The van der Waals surface area contributed by atoms with Crippen LogP contribution in [0.5, 0.6) is 5.88 Å². The molecule has 1 atom stereocenters. The summed E-state index contributed by atoms with van der Waals surface area (Å²) < 4.78 is 5.16. The topological polar surface area (TPSA) is 54.4 Å². The number of nitrogens with zero attached hydrogens (tertiary/aromatic N) is 1. The summed E-state index contributed by atoms with van der Waals surface area (Å²) >= 11 is 1.59. The Balaban J connectivity index is 1.85. The number of pyridine rings is 1. The van der Waals surface area contributed by atoms with E-state index >= 15 is 0 Å². The van der Waals surface area contributed by atoms with Gasteiger partial charge in [0.2, 0.25) is 5.88 Å². The highest BCUT2D eigenvalue weighted by molar-refractivity contribution is 7.07. The van der Waals surface area contributed by atoms with Crippen molar-refractivity contribution in [2.45, 2.75) is 12.6 Å². The third kappa shape index (κ3) is 3.29. The van der Waals surface area contributed by atoms with Gasteiger partial charge in [0.05, 0.1) is 13.2 Å². The standard InChI is InChI=1S/C13H16N2O2S/c1-17-13-10(3-2-5-15-13)7-14-8-12(16)11-4-6-18-9-11/h2-6,9,12,14,16H,7-8H2,1H3. The monoisotopic (exact) mass is 264 g/mol. The fourth-order valence-electron chi connectivity index (χ4n) is 1.67. The smallest absolute Gasteiger partial charge is 0.217 e. The molecule has 0 amide bonds. The molecule has 0 aliphatic heterocycles. The fourth-order valence-corrected chi connectivity index (χ4v) is 2.38. The lowest BCUT2D eigenvalue weighted by Gasteiger charge is -2.11. The Morgan fingerprint density at radius 3 is 3.11 bits per heavy atom. The van der Waals surface area contributed by atoms with Gasteiger partial charge in [-0.3, -0.25) is 0 Å². The van der Waals surface area contributed by atoms with E-state index in [-0.39, 0.29) is 0 Å². The van der Waals surface area contributed by atoms with E-state index in [2.05, 4.69) is 10.3 Å². The van der Waals surface area contributed by atoms with Gasteiger partial charge in [-0.1, -0.05) is 6.07 Å². The molecule has 0 radical (unpaired) electrons. The Bertz CT molecular complexity index is 474. The molecule has 1 unspecified atom stereocenters. The van der Waals surface area contributed by atoms with Crippen molar-refractivity contribution in [3.05, 3.63) is 46.3 Å². The van der Waals surface area contributed by atoms with Crippen molar-refractivity contribution in [2.75, 3.05) is 13.7 Å². The van der Waals surface area contributed by atoms with E-state index < -0.39 is 6.10 Å². The van der Waals surface area contributed by atoms with Crippen LogP contribution in [0.2, 0.25) is 0 Å². The number of hydrogen-bond acceptors (Lipinski definition) is 5. The maximum absolute atomic E-state index is 9.91. The number of methoxy groups -OCH3 is 1. The van der Waals surface area contributed by atoms with Crippen LogP contribution in [0.15, 0.2) is 35.2 Å². The first-order chi connectivity index (χ1) is 8.81. The number of aliphatic hydroxyl groups excluding tert-OH is 1. The molecule has 2 aromatic heterocycles. The molecule has 2 aromatic rings. The normalized spacial score (nSPS) is 12.3. The quantitative estimate of drug-likeness (QED) is 0.837. The molecule has 2 heterocycles. The molecule has 0 bridgehead atoms. The third-order valence-corrected chi connectivity index (χ3v) is 3.33. The molecule has 0 aliphatic rings. The molecule has 2 rings (SSSR count). The second kappa shape index (κ2) is 6.49. The molecule has 96 valence electrons. The van der Waals surface area contributed by atoms with E-state index in [1.807, 2.05) is 29.0 Å². The molecule has 0 saturated carbocycles. The zero-order valence-corrected chi connectivity index (χ0v) is 11.0. The van der Waals surface area contributed by atoms with Crippen LogP contribution in [-0.4, -0.2) is 23.7 Å². The third-order valence-electron chi connectivity index (χ3n) is 2.62. The molecular weight excluding hydrogens is 248 g/mol. The first-order valence-electron chi connectivity index (χ1n) is 5.70. The highest BCUT2D eigenvalue weighted by Crippen LogP contribution is 2.16. The minimum absolute atomic E-state index is 0.473. The van der Waals surface area contributed by atoms with Gasteiger partial charge in [-0.05, 0) is 28.5 Å². The number of nitrogens with one attached hydrogen (secondary N) is 1. The van der Waals surface area contributed by atoms with E-state index in [4.69, 9.17) is 4.74 Å². The maximum Gasteiger partial charge on any atom is 0.217 e. The van der Waals surface area contributed by atoms with Crippen LogP contribution >= 0.6 is 11.3 Å². The SMILES string of the molecule is COc1ncccc1CNCC(O)c1ccsc1. The van der Waals surface area contributed by atoms with Crippen molar-refractivity contribution < 1.29 is 9.84 Å². The number of rotatable bonds is 6. The molecule has 0 fully saturated rings. The van der Waals surface area contributed by atoms with Crippen LogP contribution in [0.4, 0.5) is 0 Å². The maximum atomic E-state index is 9.91. The lowest BCUT2D eigenvalue weighted by Crippen LogP contribution is -2.21. The first kappa shape index (κ1) is 13.0. The zero-order valence-electron chi connectivity index (χ0n) is 10.2. The summed E-state index contributed by atoms with van der Waals surface area (Å²) in [6.45, 7) is 1.13. The first-order valence-corrected chi connectivity index (χ1v) is 6.64. The minimum atomic E-state index is -0.473. The Labute approximate surface area is 110 Å². The van der Waals surface area contributed by atoms with Crippen molar-refractivity contribution in [3.8, 4) is 5.88 Å². The fraction of sp³-hybridized carbons (Fsp3) is 0.308. The summed E-state index contributed by atoms with van der Waals surface area (Å²) in [5.74, 6) is 0.620. The second-order valence-electron chi connectivity index (χ2n) is 3.88. The van der Waals surface area contributed by atoms with Gasteiger partial charge in [0.15, 0.2) is 0 Å². The molecule has 0 saturated heterocycles. The number of aromatic nitrogens is 1. The Morgan fingerprint density at radius 1 is 1.50 bits per heavy atom. The molecule has 4 nitrogen and oxygen atoms in total. The van der Waals surface area contributed by atoms with Crippen LogP contribution in [0, 0.1) is 0 Å². The van der Waals surface area contributed by atoms with Crippen LogP contribution in [0.25, 0.3) is 0 Å². The van der Waals surface area contributed by atoms with Gasteiger partial charge in [0.1, 0.15) is 0 Å². The number of ether oxygens (including phenoxy) is 1. The Hall–Kier alpha value is -1.43. The van der Waals surface area contributed by atoms with Crippen molar-refractivity contribution in [1.82, 2.24) is 10.3 Å². The molecule has 18 heavy (non-hydrogen) atoms. The largest absolute Gasteiger partial charge is 0.481 e. The Morgan fingerprint density at radius 2 is 2.39 bits per heavy atom. The summed E-state index contributed by atoms with van der Waals surface area (Å²) in [6.07, 6.45) is 1.22. The van der Waals surface area contributed by atoms with Gasteiger partial charge in [0, 0.05) is 24.8 Å². The highest BCUT2D eigenvalue weighted by atomic mass is 32.1. The summed E-state index contributed by atoms with van der Waals surface area (Å²) in [7, 11) is 1.60. The van der Waals surface area contributed by atoms with E-state index in [9.17, 15) is 5.11 Å². The lowest BCUT2D eigenvalue weighted by molar-refractivity contribution is 0.174. The van der Waals surface area contributed by atoms with Crippen LogP contribution < -0.4 is 10.1 Å². The predicted molar refractivity (Wildman–Crippen MR) is 71.8 cm³/mol. The molecular formula is C13H16N2O2S. The molecule has 2 N–H and O–H groups in total. The van der Waals surface area contributed by atoms with Crippen LogP contribution in [0.1, 0.15) is 17.2 Å². The summed E-state index contributed by atoms with van der Waals surface area (Å²) in [5, 5.41) is 17.0. The molecule has 0 aromatic carbocycles. The van der Waals surface area contributed by atoms with Gasteiger partial charge in [-0.2, -0.15) is 11.3 Å². The van der Waals surface area contributed by atoms with Gasteiger partial charge < -0.3 is 15.2 Å². The second-order valence-corrected chi connectivity index (χ2v) is 4.66. The van der Waals surface area contributed by atoms with Crippen LogP contribution in [-0.2, 0) is 6.54 Å². The molecule has 0 aliphatic carbocycles. The van der Waals surface area contributed by atoms with Gasteiger partial charge in [0.25, 0.3) is 0 Å². The highest BCUT2D eigenvalue weighted by Gasteiger charge is 2.08. The van der Waals surface area contributed by atoms with Crippen LogP contribution in [0.3, 0.4) is 0 Å². The predicted octanol–water partition coefficient (Wildman–Crippen LogP) is 1.97. The van der Waals surface area contributed by atoms with E-state index in [1.165, 1.54) is 0 Å². The van der Waals surface area contributed by atoms with E-state index in [1.54, 1.807) is 24.6 Å². The number of aliphatic hydroxyl groups is 1. The minimum Gasteiger partial charge on any atom is -0.481 e. The number of thiophene rings is 1. The molecule has 5 heteroatoms. The average Bonchev–Trinajstić information content (AvgIpc) is 2.93. The van der Waals surface area contributed by atoms with Gasteiger partial charge >= 0.3 is 0 Å². The van der Waals surface area contributed by atoms with Crippen molar-refractivity contribution >= 4 is 11.3 Å². The number of hydrogen-bond donors (Lipinski definition) is 2. The van der Waals surface area contributed by atoms with Crippen molar-refractivity contribution in [1.29, 1.82) is 0 Å². The zero-order chi connectivity index (χ0) is 12.8. The Kier molecular flexibility index (Phi) is 4.69. The molecule has 0 spiro atoms. The van der Waals surface area contributed by atoms with Crippen molar-refractivity contribution in [2.24, 2.45) is 0 Å². The average molecular weight is 264 g/mol. The summed E-state index contributed by atoms with van der Waals surface area (Å²) in [6, 6.07) is 5.76. The van der Waals surface area contributed by atoms with Gasteiger partial charge in [-0.15, -0.1) is 0 Å². The van der Waals surface area contributed by atoms with E-state index in [0.717, 1.165) is 11.1 Å². The lowest BCUT2D eigenvalue weighted by atomic mass is 10.2.